The van der Waals surface area contributed by atoms with Crippen molar-refractivity contribution in [1.82, 2.24) is 4.31 Å². The fourth-order valence-electron chi connectivity index (χ4n) is 2.13. The van der Waals surface area contributed by atoms with E-state index in [0.29, 0.717) is 11.3 Å². The largest absolute Gasteiger partial charge is 0.497 e. The lowest BCUT2D eigenvalue weighted by atomic mass is 10.2. The molecule has 0 unspecified atom stereocenters. The van der Waals surface area contributed by atoms with Crippen LogP contribution in [-0.2, 0) is 16.6 Å². The van der Waals surface area contributed by atoms with Crippen LogP contribution in [0.1, 0.15) is 5.56 Å². The Morgan fingerprint density at radius 2 is 1.83 bits per heavy atom. The second-order valence-electron chi connectivity index (χ2n) is 4.91. The molecule has 0 bridgehead atoms. The Morgan fingerprint density at radius 3 is 2.43 bits per heavy atom. The van der Waals surface area contributed by atoms with Crippen LogP contribution in [0.5, 0.6) is 11.5 Å². The van der Waals surface area contributed by atoms with Gasteiger partial charge in [-0.25, -0.2) is 12.8 Å². The fraction of sp³-hybridized carbons (Fsp3) is 0.250. The van der Waals surface area contributed by atoms with Crippen molar-refractivity contribution in [1.29, 1.82) is 0 Å². The van der Waals surface area contributed by atoms with Crippen molar-refractivity contribution in [2.24, 2.45) is 0 Å². The molecule has 23 heavy (non-hydrogen) atoms. The van der Waals surface area contributed by atoms with E-state index in [1.807, 2.05) is 0 Å². The highest BCUT2D eigenvalue weighted by molar-refractivity contribution is 7.89. The second-order valence-corrected chi connectivity index (χ2v) is 6.92. The molecular formula is C16H18FNO4S. The molecule has 0 spiro atoms. The van der Waals surface area contributed by atoms with Gasteiger partial charge in [0.25, 0.3) is 0 Å². The van der Waals surface area contributed by atoms with Gasteiger partial charge >= 0.3 is 0 Å². The van der Waals surface area contributed by atoms with Crippen molar-refractivity contribution in [3.63, 3.8) is 0 Å². The topological polar surface area (TPSA) is 55.8 Å². The summed E-state index contributed by atoms with van der Waals surface area (Å²) < 4.78 is 50.1. The minimum absolute atomic E-state index is 0.00162. The van der Waals surface area contributed by atoms with Gasteiger partial charge in [0.15, 0.2) is 0 Å². The third kappa shape index (κ3) is 3.80. The van der Waals surface area contributed by atoms with Gasteiger partial charge in [-0.05, 0) is 29.8 Å². The Bertz CT molecular complexity index is 792. The molecule has 2 aromatic rings. The monoisotopic (exact) mass is 339 g/mol. The van der Waals surface area contributed by atoms with E-state index in [2.05, 4.69) is 0 Å². The highest BCUT2D eigenvalue weighted by Gasteiger charge is 2.25. The molecule has 0 heterocycles. The van der Waals surface area contributed by atoms with Gasteiger partial charge in [-0.1, -0.05) is 12.1 Å². The maximum absolute atomic E-state index is 13.3. The zero-order valence-corrected chi connectivity index (χ0v) is 13.9. The molecule has 2 aromatic carbocycles. The Hall–Kier alpha value is -2.12. The maximum Gasteiger partial charge on any atom is 0.246 e. The molecule has 7 heteroatoms. The normalized spacial score (nSPS) is 11.5. The van der Waals surface area contributed by atoms with Crippen molar-refractivity contribution < 1.29 is 22.3 Å². The van der Waals surface area contributed by atoms with Crippen LogP contribution in [0.3, 0.4) is 0 Å². The number of hydrogen-bond acceptors (Lipinski definition) is 4. The summed E-state index contributed by atoms with van der Waals surface area (Å²) in [6.07, 6.45) is 0. The second kappa shape index (κ2) is 6.97. The number of sulfonamides is 1. The Labute approximate surface area is 135 Å². The molecule has 5 nitrogen and oxygen atoms in total. The van der Waals surface area contributed by atoms with Crippen LogP contribution in [0.15, 0.2) is 47.4 Å². The average molecular weight is 339 g/mol. The summed E-state index contributed by atoms with van der Waals surface area (Å²) >= 11 is 0. The molecule has 0 saturated carbocycles. The summed E-state index contributed by atoms with van der Waals surface area (Å²) in [7, 11) is 0.460. The molecule has 0 N–H and O–H groups in total. The first kappa shape index (κ1) is 17.2. The van der Waals surface area contributed by atoms with E-state index < -0.39 is 15.8 Å². The summed E-state index contributed by atoms with van der Waals surface area (Å²) in [4.78, 5) is -0.00162. The highest BCUT2D eigenvalue weighted by atomic mass is 32.2. The molecule has 0 aliphatic rings. The van der Waals surface area contributed by atoms with Crippen LogP contribution >= 0.6 is 0 Å². The van der Waals surface area contributed by atoms with Gasteiger partial charge in [0, 0.05) is 19.7 Å². The SMILES string of the molecule is COc1ccc(OC)c(S(=O)(=O)N(C)Cc2cccc(F)c2)c1. The highest BCUT2D eigenvalue weighted by Crippen LogP contribution is 2.30. The minimum atomic E-state index is -3.82. The molecule has 124 valence electrons. The van der Waals surface area contributed by atoms with Crippen LogP contribution in [0.4, 0.5) is 4.39 Å². The van der Waals surface area contributed by atoms with Gasteiger partial charge < -0.3 is 9.47 Å². The van der Waals surface area contributed by atoms with Crippen molar-refractivity contribution in [3.05, 3.63) is 53.8 Å². The first-order valence-electron chi connectivity index (χ1n) is 6.81. The van der Waals surface area contributed by atoms with E-state index in [1.54, 1.807) is 12.1 Å². The molecule has 0 amide bonds. The standard InChI is InChI=1S/C16H18FNO4S/c1-18(11-12-5-4-6-13(17)9-12)23(19,20)16-10-14(21-2)7-8-15(16)22-3/h4-10H,11H2,1-3H3. The van der Waals surface area contributed by atoms with Crippen molar-refractivity contribution >= 4 is 10.0 Å². The van der Waals surface area contributed by atoms with Crippen molar-refractivity contribution in [3.8, 4) is 11.5 Å². The van der Waals surface area contributed by atoms with Crippen LogP contribution < -0.4 is 9.47 Å². The Kier molecular flexibility index (Phi) is 5.23. The van der Waals surface area contributed by atoms with E-state index in [0.717, 1.165) is 4.31 Å². The van der Waals surface area contributed by atoms with Crippen molar-refractivity contribution in [2.75, 3.05) is 21.3 Å². The third-order valence-corrected chi connectivity index (χ3v) is 5.18. The summed E-state index contributed by atoms with van der Waals surface area (Å²) in [5.41, 5.74) is 0.554. The molecule has 0 aromatic heterocycles. The van der Waals surface area contributed by atoms with Crippen LogP contribution in [-0.4, -0.2) is 34.0 Å². The number of methoxy groups -OCH3 is 2. The molecule has 0 fully saturated rings. The van der Waals surface area contributed by atoms with E-state index in [-0.39, 0.29) is 17.2 Å². The van der Waals surface area contributed by atoms with Gasteiger partial charge in [0.1, 0.15) is 22.2 Å². The first-order chi connectivity index (χ1) is 10.9. The predicted octanol–water partition coefficient (Wildman–Crippen LogP) is 2.66. The fourth-order valence-corrected chi connectivity index (χ4v) is 3.46. The quantitative estimate of drug-likeness (QED) is 0.812. The number of rotatable bonds is 6. The smallest absolute Gasteiger partial charge is 0.246 e. The molecule has 0 atom stereocenters. The number of ether oxygens (including phenoxy) is 2. The average Bonchev–Trinajstić information content (AvgIpc) is 2.54. The van der Waals surface area contributed by atoms with E-state index >= 15 is 0 Å². The molecule has 0 saturated heterocycles. The van der Waals surface area contributed by atoms with Crippen LogP contribution in [0.2, 0.25) is 0 Å². The summed E-state index contributed by atoms with van der Waals surface area (Å²) in [6, 6.07) is 10.4. The van der Waals surface area contributed by atoms with Crippen molar-refractivity contribution in [2.45, 2.75) is 11.4 Å². The molecular weight excluding hydrogens is 321 g/mol. The molecule has 2 rings (SSSR count). The van der Waals surface area contributed by atoms with Gasteiger partial charge in [0.05, 0.1) is 14.2 Å². The van der Waals surface area contributed by atoms with Gasteiger partial charge in [0.2, 0.25) is 10.0 Å². The van der Waals surface area contributed by atoms with E-state index in [1.165, 1.54) is 51.6 Å². The number of benzene rings is 2. The minimum Gasteiger partial charge on any atom is -0.497 e. The van der Waals surface area contributed by atoms with E-state index in [4.69, 9.17) is 9.47 Å². The van der Waals surface area contributed by atoms with E-state index in [9.17, 15) is 12.8 Å². The van der Waals surface area contributed by atoms with Gasteiger partial charge in [-0.15, -0.1) is 0 Å². The summed E-state index contributed by atoms with van der Waals surface area (Å²) in [5, 5.41) is 0. The third-order valence-electron chi connectivity index (χ3n) is 3.35. The number of nitrogens with zero attached hydrogens (tertiary/aromatic N) is 1. The molecule has 0 aliphatic carbocycles. The Morgan fingerprint density at radius 1 is 1.09 bits per heavy atom. The Balaban J connectivity index is 2.37. The van der Waals surface area contributed by atoms with Crippen LogP contribution in [0.25, 0.3) is 0 Å². The lowest BCUT2D eigenvalue weighted by Gasteiger charge is -2.19. The number of hydrogen-bond donors (Lipinski definition) is 0. The number of halogens is 1. The lowest BCUT2D eigenvalue weighted by Crippen LogP contribution is -2.27. The summed E-state index contributed by atoms with van der Waals surface area (Å²) in [5.74, 6) is 0.215. The lowest BCUT2D eigenvalue weighted by molar-refractivity contribution is 0.388. The van der Waals surface area contributed by atoms with Gasteiger partial charge in [-0.2, -0.15) is 4.31 Å². The molecule has 0 aliphatic heterocycles. The summed E-state index contributed by atoms with van der Waals surface area (Å²) in [6.45, 7) is 0.0421. The van der Waals surface area contributed by atoms with Crippen LogP contribution in [0, 0.1) is 5.82 Å². The maximum atomic E-state index is 13.3. The zero-order valence-electron chi connectivity index (χ0n) is 13.1. The zero-order chi connectivity index (χ0) is 17.0. The first-order valence-corrected chi connectivity index (χ1v) is 8.25. The molecule has 0 radical (unpaired) electrons. The predicted molar refractivity (Wildman–Crippen MR) is 84.6 cm³/mol. The van der Waals surface area contributed by atoms with Gasteiger partial charge in [-0.3, -0.25) is 0 Å².